The second-order valence-electron chi connectivity index (χ2n) is 13.4. The molecule has 0 N–H and O–H groups in total. The minimum atomic E-state index is 0. The van der Waals surface area contributed by atoms with E-state index < -0.39 is 0 Å². The molecule has 5 aromatic rings. The number of hydrogen-bond donors (Lipinski definition) is 0. The first-order valence-corrected chi connectivity index (χ1v) is 16.2. The quantitative estimate of drug-likeness (QED) is 0.227. The van der Waals surface area contributed by atoms with Crippen molar-refractivity contribution in [2.45, 2.75) is 66.2 Å². The number of rotatable bonds is 2. The summed E-state index contributed by atoms with van der Waals surface area (Å²) < 4.78 is 1.42. The average molecular weight is 699 g/mol. The summed E-state index contributed by atoms with van der Waals surface area (Å²) in [6, 6.07) is 37.3. The van der Waals surface area contributed by atoms with Gasteiger partial charge in [-0.25, -0.2) is 11.6 Å². The summed E-state index contributed by atoms with van der Waals surface area (Å²) >= 11 is 1.46. The molecule has 0 fully saturated rings. The Kier molecular flexibility index (Phi) is 13.9. The molecular formula is C41H44Cl2Zr-2. The first kappa shape index (κ1) is 37.7. The molecule has 0 spiro atoms. The number of halogens is 2. The van der Waals surface area contributed by atoms with Crippen molar-refractivity contribution in [2.75, 3.05) is 0 Å². The third-order valence-electron chi connectivity index (χ3n) is 7.65. The second kappa shape index (κ2) is 16.2. The molecule has 0 radical (unpaired) electrons. The fourth-order valence-corrected chi connectivity index (χ4v) is 5.88. The average Bonchev–Trinajstić information content (AvgIpc) is 3.54. The number of hydrogen-bond acceptors (Lipinski definition) is 0. The zero-order valence-electron chi connectivity index (χ0n) is 27.3. The van der Waals surface area contributed by atoms with Crippen LogP contribution in [-0.2, 0) is 35.1 Å². The zero-order chi connectivity index (χ0) is 30.5. The standard InChI is InChI=1S/C21H25.C13H10.C7H9.2ClH.Zr/c1-20(2,3)16-9-7-14-11-15-8-10-17(21(4,5)6)13-19(15)18(14)12-16;1-3-7-12(8-4-1)11-13-9-5-2-6-10-13;1-6-3-4-7(2)5-6;;;/h7-13H,1-6H3;1-10H;3,5,7H,1-2H3;2*1H;/q-1;;-1;;;+2/p-2. The van der Waals surface area contributed by atoms with Crippen LogP contribution in [0.2, 0.25) is 0 Å². The van der Waals surface area contributed by atoms with E-state index in [4.69, 9.17) is 0 Å². The van der Waals surface area contributed by atoms with Gasteiger partial charge in [0.2, 0.25) is 0 Å². The maximum absolute atomic E-state index is 3.15. The van der Waals surface area contributed by atoms with Gasteiger partial charge in [-0.05, 0) is 10.8 Å². The number of fused-ring (bicyclic) bond motifs is 3. The normalized spacial score (nSPS) is 14.0. The van der Waals surface area contributed by atoms with Crippen molar-refractivity contribution in [1.29, 1.82) is 0 Å². The van der Waals surface area contributed by atoms with E-state index in [9.17, 15) is 0 Å². The minimum absolute atomic E-state index is 0. The van der Waals surface area contributed by atoms with E-state index >= 15 is 0 Å². The van der Waals surface area contributed by atoms with Gasteiger partial charge in [0.1, 0.15) is 0 Å². The molecule has 44 heavy (non-hydrogen) atoms. The Bertz CT molecular complexity index is 1600. The van der Waals surface area contributed by atoms with Gasteiger partial charge in [0, 0.05) is 0 Å². The van der Waals surface area contributed by atoms with Crippen LogP contribution in [-0.4, -0.2) is 3.21 Å². The van der Waals surface area contributed by atoms with Crippen LogP contribution in [0.5, 0.6) is 0 Å². The number of benzene rings is 4. The van der Waals surface area contributed by atoms with Gasteiger partial charge in [-0.1, -0.05) is 89.8 Å². The molecule has 5 aromatic carbocycles. The van der Waals surface area contributed by atoms with Crippen molar-refractivity contribution in [1.82, 2.24) is 0 Å². The molecule has 1 aliphatic carbocycles. The molecule has 0 nitrogen and oxygen atoms in total. The van der Waals surface area contributed by atoms with Crippen LogP contribution in [0, 0.1) is 12.0 Å². The summed E-state index contributed by atoms with van der Waals surface area (Å²) in [6.07, 6.45) is 7.38. The third-order valence-corrected chi connectivity index (χ3v) is 9.07. The van der Waals surface area contributed by atoms with Crippen molar-refractivity contribution in [3.05, 3.63) is 149 Å². The molecule has 0 saturated carbocycles. The molecule has 6 rings (SSSR count). The monoisotopic (exact) mass is 696 g/mol. The Balaban J connectivity index is 0.000000253. The van der Waals surface area contributed by atoms with Crippen LogP contribution in [0.3, 0.4) is 0 Å². The Morgan fingerprint density at radius 2 is 1.07 bits per heavy atom. The van der Waals surface area contributed by atoms with Gasteiger partial charge in [0.05, 0.1) is 0 Å². The molecule has 3 heteroatoms. The Hall–Kier alpha value is -2.44. The first-order valence-electron chi connectivity index (χ1n) is 14.9. The van der Waals surface area contributed by atoms with Gasteiger partial charge in [0.15, 0.2) is 0 Å². The van der Waals surface area contributed by atoms with Crippen LogP contribution >= 0.6 is 0 Å². The summed E-state index contributed by atoms with van der Waals surface area (Å²) in [5.41, 5.74) is 7.20. The summed E-state index contributed by atoms with van der Waals surface area (Å²) in [5, 5.41) is 5.49. The Morgan fingerprint density at radius 1 is 0.659 bits per heavy atom. The molecule has 1 atom stereocenters. The Morgan fingerprint density at radius 3 is 1.36 bits per heavy atom. The van der Waals surface area contributed by atoms with Gasteiger partial charge < -0.3 is 24.8 Å². The molecule has 228 valence electrons. The molecule has 0 aliphatic heterocycles. The van der Waals surface area contributed by atoms with Crippen LogP contribution in [0.15, 0.2) is 121 Å². The summed E-state index contributed by atoms with van der Waals surface area (Å²) in [6.45, 7) is 17.9. The molecule has 0 saturated heterocycles. The van der Waals surface area contributed by atoms with Gasteiger partial charge >= 0.3 is 99.2 Å². The molecule has 0 amide bonds. The molecule has 1 unspecified atom stereocenters. The predicted octanol–water partition coefficient (Wildman–Crippen LogP) is 5.06. The fourth-order valence-electron chi connectivity index (χ4n) is 5.06. The van der Waals surface area contributed by atoms with E-state index in [1.54, 1.807) is 0 Å². The van der Waals surface area contributed by atoms with E-state index in [-0.39, 0.29) is 35.6 Å². The van der Waals surface area contributed by atoms with Crippen LogP contribution in [0.1, 0.15) is 77.6 Å². The summed E-state index contributed by atoms with van der Waals surface area (Å²) in [7, 11) is 0. The SMILES string of the molecule is CC(C)(C)c1ccc2[cH-]c3ccc(C(C)(C)C)cc3c2c1.CC1=CC(C)[C-]=C1.[Cl-].[Cl-].[Zr+2]=[C](c1ccccc1)c1ccccc1. The summed E-state index contributed by atoms with van der Waals surface area (Å²) in [5.74, 6) is 0.556. The molecule has 0 heterocycles. The van der Waals surface area contributed by atoms with Crippen LogP contribution in [0.4, 0.5) is 0 Å². The van der Waals surface area contributed by atoms with E-state index in [1.165, 1.54) is 76.8 Å². The van der Waals surface area contributed by atoms with Crippen molar-refractivity contribution < 1.29 is 49.0 Å². The van der Waals surface area contributed by atoms with Crippen molar-refractivity contribution >= 4 is 24.8 Å². The topological polar surface area (TPSA) is 0 Å². The maximum atomic E-state index is 3.15. The van der Waals surface area contributed by atoms with Crippen LogP contribution < -0.4 is 24.8 Å². The van der Waals surface area contributed by atoms with Crippen molar-refractivity contribution in [3.8, 4) is 0 Å². The van der Waals surface area contributed by atoms with E-state index in [1.807, 2.05) is 6.08 Å². The molecule has 0 bridgehead atoms. The van der Waals surface area contributed by atoms with Crippen LogP contribution in [0.25, 0.3) is 21.5 Å². The first-order chi connectivity index (χ1) is 19.8. The van der Waals surface area contributed by atoms with E-state index in [0.29, 0.717) is 5.92 Å². The molecular weight excluding hydrogens is 655 g/mol. The second-order valence-corrected chi connectivity index (χ2v) is 14.6. The van der Waals surface area contributed by atoms with Gasteiger partial charge in [-0.15, -0.1) is 46.7 Å². The molecule has 1 aliphatic rings. The summed E-state index contributed by atoms with van der Waals surface area (Å²) in [4.78, 5) is 0. The van der Waals surface area contributed by atoms with Gasteiger partial charge in [-0.3, -0.25) is 6.08 Å². The molecule has 0 aromatic heterocycles. The third kappa shape index (κ3) is 10.0. The van der Waals surface area contributed by atoms with Crippen molar-refractivity contribution in [2.24, 2.45) is 5.92 Å². The number of allylic oxidation sites excluding steroid dienone is 4. The zero-order valence-corrected chi connectivity index (χ0v) is 31.3. The fraction of sp³-hybridized carbons (Fsp3) is 0.268. The van der Waals surface area contributed by atoms with Gasteiger partial charge in [0.25, 0.3) is 0 Å². The predicted molar refractivity (Wildman–Crippen MR) is 181 cm³/mol. The Labute approximate surface area is 293 Å². The van der Waals surface area contributed by atoms with E-state index in [2.05, 4.69) is 171 Å². The van der Waals surface area contributed by atoms with E-state index in [0.717, 1.165) is 0 Å². The van der Waals surface area contributed by atoms with Gasteiger partial charge in [-0.2, -0.15) is 6.08 Å². The van der Waals surface area contributed by atoms with Crippen molar-refractivity contribution in [3.63, 3.8) is 0 Å².